The number of thiazole rings is 1. The SMILES string of the molecule is CNC1N=C(c2cc(OCCN)cs2)C=CN1c1nc2c(Cl)cccc2s1. The van der Waals surface area contributed by atoms with Crippen molar-refractivity contribution in [3.8, 4) is 5.75 Å². The van der Waals surface area contributed by atoms with Crippen LogP contribution in [0.2, 0.25) is 5.02 Å². The molecule has 0 fully saturated rings. The van der Waals surface area contributed by atoms with E-state index in [0.717, 1.165) is 31.7 Å². The molecule has 0 spiro atoms. The third-order valence-corrected chi connectivity index (χ3v) is 6.24. The number of nitrogens with zero attached hydrogens (tertiary/aromatic N) is 3. The Morgan fingerprint density at radius 1 is 1.41 bits per heavy atom. The Hall–Kier alpha value is -1.97. The summed E-state index contributed by atoms with van der Waals surface area (Å²) < 4.78 is 6.63. The lowest BCUT2D eigenvalue weighted by Crippen LogP contribution is -2.42. The summed E-state index contributed by atoms with van der Waals surface area (Å²) in [5.41, 5.74) is 7.20. The van der Waals surface area contributed by atoms with Crippen LogP contribution in [0, 0.1) is 0 Å². The van der Waals surface area contributed by atoms with Crippen molar-refractivity contribution in [3.05, 3.63) is 51.8 Å². The number of thiophene rings is 1. The van der Waals surface area contributed by atoms with Gasteiger partial charge in [-0.05, 0) is 25.3 Å². The van der Waals surface area contributed by atoms with Crippen LogP contribution in [0.5, 0.6) is 5.75 Å². The van der Waals surface area contributed by atoms with Crippen molar-refractivity contribution in [3.63, 3.8) is 0 Å². The lowest BCUT2D eigenvalue weighted by Gasteiger charge is -2.28. The topological polar surface area (TPSA) is 75.8 Å². The lowest BCUT2D eigenvalue weighted by molar-refractivity contribution is 0.329. The Labute approximate surface area is 169 Å². The maximum absolute atomic E-state index is 6.27. The lowest BCUT2D eigenvalue weighted by atomic mass is 10.2. The smallest absolute Gasteiger partial charge is 0.193 e. The summed E-state index contributed by atoms with van der Waals surface area (Å²) in [5.74, 6) is 0.820. The molecule has 0 saturated carbocycles. The first-order valence-corrected chi connectivity index (χ1v) is 10.5. The molecule has 1 unspecified atom stereocenters. The number of aliphatic imine (C=N–C) groups is 1. The maximum Gasteiger partial charge on any atom is 0.193 e. The number of hydrogen-bond donors (Lipinski definition) is 2. The zero-order chi connectivity index (χ0) is 18.8. The molecule has 0 radical (unpaired) electrons. The number of aromatic nitrogens is 1. The number of benzene rings is 1. The molecular weight excluding hydrogens is 402 g/mol. The van der Waals surface area contributed by atoms with Crippen LogP contribution in [0.15, 0.2) is 46.9 Å². The first kappa shape index (κ1) is 18.4. The number of anilines is 1. The molecule has 3 aromatic rings. The van der Waals surface area contributed by atoms with Crippen LogP contribution in [0.25, 0.3) is 10.2 Å². The van der Waals surface area contributed by atoms with Crippen LogP contribution >= 0.6 is 34.3 Å². The molecule has 1 aromatic carbocycles. The molecule has 4 rings (SSSR count). The predicted octanol–water partition coefficient (Wildman–Crippen LogP) is 3.67. The Balaban J connectivity index is 1.60. The first-order chi connectivity index (χ1) is 13.2. The molecule has 9 heteroatoms. The Kier molecular flexibility index (Phi) is 5.42. The molecule has 1 atom stereocenters. The number of halogens is 1. The first-order valence-electron chi connectivity index (χ1n) is 8.38. The molecule has 27 heavy (non-hydrogen) atoms. The second-order valence-electron chi connectivity index (χ2n) is 5.77. The summed E-state index contributed by atoms with van der Waals surface area (Å²) in [6.07, 6.45) is 3.73. The van der Waals surface area contributed by atoms with Gasteiger partial charge in [-0.1, -0.05) is 29.0 Å². The molecule has 1 aliphatic heterocycles. The maximum atomic E-state index is 6.27. The summed E-state index contributed by atoms with van der Waals surface area (Å²) in [6, 6.07) is 7.80. The van der Waals surface area contributed by atoms with Gasteiger partial charge < -0.3 is 10.5 Å². The third-order valence-electron chi connectivity index (χ3n) is 3.97. The van der Waals surface area contributed by atoms with Gasteiger partial charge in [0.2, 0.25) is 0 Å². The van der Waals surface area contributed by atoms with Gasteiger partial charge >= 0.3 is 0 Å². The van der Waals surface area contributed by atoms with Crippen molar-refractivity contribution in [1.82, 2.24) is 10.3 Å². The number of para-hydroxylation sites is 1. The average Bonchev–Trinajstić information content (AvgIpc) is 3.33. The minimum Gasteiger partial charge on any atom is -0.491 e. The number of fused-ring (bicyclic) bond motifs is 1. The van der Waals surface area contributed by atoms with E-state index in [1.807, 2.05) is 53.9 Å². The second-order valence-corrected chi connectivity index (χ2v) is 8.09. The van der Waals surface area contributed by atoms with Gasteiger partial charge in [0, 0.05) is 24.2 Å². The van der Waals surface area contributed by atoms with E-state index in [2.05, 4.69) is 5.32 Å². The highest BCUT2D eigenvalue weighted by Gasteiger charge is 2.23. The standard InChI is InChI=1S/C18H18ClN5OS2/c1-21-17-22-13(15-9-11(10-26-15)25-8-6-20)5-7-24(17)18-23-16-12(19)3-2-4-14(16)27-18/h2-5,7,9-10,17,21H,6,8,20H2,1H3. The number of nitrogens with one attached hydrogen (secondary N) is 1. The fourth-order valence-electron chi connectivity index (χ4n) is 2.71. The number of rotatable bonds is 6. The van der Waals surface area contributed by atoms with E-state index in [4.69, 9.17) is 32.0 Å². The number of nitrogens with two attached hydrogens (primary N) is 1. The summed E-state index contributed by atoms with van der Waals surface area (Å²) >= 11 is 9.45. The van der Waals surface area contributed by atoms with Gasteiger partial charge in [-0.2, -0.15) is 0 Å². The average molecular weight is 420 g/mol. The monoisotopic (exact) mass is 419 g/mol. The second kappa shape index (κ2) is 7.95. The number of allylic oxidation sites excluding steroid dienone is 1. The summed E-state index contributed by atoms with van der Waals surface area (Å²) in [7, 11) is 1.88. The van der Waals surface area contributed by atoms with Gasteiger partial charge in [0.25, 0.3) is 0 Å². The van der Waals surface area contributed by atoms with E-state index in [1.165, 1.54) is 0 Å². The van der Waals surface area contributed by atoms with Gasteiger partial charge in [0.05, 0.1) is 20.3 Å². The molecule has 3 heterocycles. The molecule has 6 nitrogen and oxygen atoms in total. The van der Waals surface area contributed by atoms with E-state index >= 15 is 0 Å². The fourth-order valence-corrected chi connectivity index (χ4v) is 4.78. The van der Waals surface area contributed by atoms with Crippen LogP contribution in [0.1, 0.15) is 4.88 Å². The van der Waals surface area contributed by atoms with Crippen LogP contribution < -0.4 is 20.7 Å². The Morgan fingerprint density at radius 2 is 2.30 bits per heavy atom. The van der Waals surface area contributed by atoms with Gasteiger partial charge in [0.15, 0.2) is 11.4 Å². The minimum atomic E-state index is -0.250. The molecular formula is C18H18ClN5OS2. The van der Waals surface area contributed by atoms with Crippen molar-refractivity contribution >= 4 is 55.3 Å². The Morgan fingerprint density at radius 3 is 3.07 bits per heavy atom. The van der Waals surface area contributed by atoms with Crippen molar-refractivity contribution < 1.29 is 4.74 Å². The van der Waals surface area contributed by atoms with Crippen molar-refractivity contribution in [2.45, 2.75) is 6.29 Å². The zero-order valence-corrected chi connectivity index (χ0v) is 16.9. The van der Waals surface area contributed by atoms with Gasteiger partial charge in [-0.3, -0.25) is 10.2 Å². The van der Waals surface area contributed by atoms with E-state index < -0.39 is 0 Å². The zero-order valence-electron chi connectivity index (χ0n) is 14.6. The summed E-state index contributed by atoms with van der Waals surface area (Å²) in [5, 5.41) is 6.70. The van der Waals surface area contributed by atoms with E-state index in [1.54, 1.807) is 22.7 Å². The van der Waals surface area contributed by atoms with Gasteiger partial charge in [-0.15, -0.1) is 11.3 Å². The van der Waals surface area contributed by atoms with Crippen LogP contribution in [0.4, 0.5) is 5.13 Å². The quantitative estimate of drug-likeness (QED) is 0.637. The molecule has 1 aliphatic rings. The van der Waals surface area contributed by atoms with E-state index in [9.17, 15) is 0 Å². The van der Waals surface area contributed by atoms with E-state index in [-0.39, 0.29) is 6.29 Å². The van der Waals surface area contributed by atoms with Crippen molar-refractivity contribution in [1.29, 1.82) is 0 Å². The van der Waals surface area contributed by atoms with Crippen LogP contribution in [-0.2, 0) is 0 Å². The summed E-state index contributed by atoms with van der Waals surface area (Å²) in [4.78, 5) is 12.6. The Bertz CT molecular complexity index is 1010. The number of ether oxygens (including phenoxy) is 1. The van der Waals surface area contributed by atoms with Gasteiger partial charge in [-0.25, -0.2) is 9.98 Å². The highest BCUT2D eigenvalue weighted by molar-refractivity contribution is 7.22. The molecule has 3 N–H and O–H groups in total. The molecule has 0 aliphatic carbocycles. The van der Waals surface area contributed by atoms with Gasteiger partial charge in [0.1, 0.15) is 17.9 Å². The molecule has 140 valence electrons. The van der Waals surface area contributed by atoms with Crippen LogP contribution in [-0.4, -0.2) is 37.2 Å². The fraction of sp³-hybridized carbons (Fsp3) is 0.222. The molecule has 0 saturated heterocycles. The molecule has 2 aromatic heterocycles. The largest absolute Gasteiger partial charge is 0.491 e. The number of hydrogen-bond acceptors (Lipinski definition) is 8. The third kappa shape index (κ3) is 3.71. The molecule has 0 amide bonds. The minimum absolute atomic E-state index is 0.250. The normalized spacial score (nSPS) is 16.8. The summed E-state index contributed by atoms with van der Waals surface area (Å²) in [6.45, 7) is 1.00. The van der Waals surface area contributed by atoms with E-state index in [0.29, 0.717) is 18.2 Å². The highest BCUT2D eigenvalue weighted by Crippen LogP contribution is 2.34. The highest BCUT2D eigenvalue weighted by atomic mass is 35.5. The van der Waals surface area contributed by atoms with Crippen LogP contribution in [0.3, 0.4) is 0 Å². The predicted molar refractivity (Wildman–Crippen MR) is 115 cm³/mol. The van der Waals surface area contributed by atoms with Crippen molar-refractivity contribution in [2.24, 2.45) is 10.7 Å². The van der Waals surface area contributed by atoms with Crippen molar-refractivity contribution in [2.75, 3.05) is 25.1 Å². The molecule has 0 bridgehead atoms.